The van der Waals surface area contributed by atoms with Crippen LogP contribution in [0.15, 0.2) is 48.1 Å². The molecule has 0 saturated carbocycles. The predicted octanol–water partition coefficient (Wildman–Crippen LogP) is 2.96. The van der Waals surface area contributed by atoms with Crippen LogP contribution in [0.25, 0.3) is 0 Å². The van der Waals surface area contributed by atoms with Gasteiger partial charge in [-0.05, 0) is 24.4 Å². The fourth-order valence-corrected chi connectivity index (χ4v) is 3.00. The molecule has 1 aliphatic heterocycles. The monoisotopic (exact) mass is 342 g/mol. The summed E-state index contributed by atoms with van der Waals surface area (Å²) >= 11 is 5.68. The molecule has 1 unspecified atom stereocenters. The highest BCUT2D eigenvalue weighted by molar-refractivity contribution is 7.80. The number of hydrogen-bond donors (Lipinski definition) is 0. The van der Waals surface area contributed by atoms with E-state index in [1.165, 1.54) is 0 Å². The Morgan fingerprint density at radius 2 is 1.96 bits per heavy atom. The third-order valence-electron chi connectivity index (χ3n) is 4.07. The lowest BCUT2D eigenvalue weighted by Gasteiger charge is -2.25. The Bertz CT molecular complexity index is 732. The van der Waals surface area contributed by atoms with Crippen molar-refractivity contribution in [3.05, 3.63) is 43.0 Å². The van der Waals surface area contributed by atoms with Gasteiger partial charge in [0.2, 0.25) is 0 Å². The normalized spacial score (nSPS) is 17.8. The van der Waals surface area contributed by atoms with E-state index in [9.17, 15) is 0 Å². The van der Waals surface area contributed by atoms with Crippen molar-refractivity contribution >= 4 is 28.7 Å². The van der Waals surface area contributed by atoms with Gasteiger partial charge in [-0.15, -0.1) is 0 Å². The van der Waals surface area contributed by atoms with Gasteiger partial charge in [0.05, 0.1) is 12.3 Å². The van der Waals surface area contributed by atoms with Crippen LogP contribution in [-0.2, 0) is 0 Å². The lowest BCUT2D eigenvalue weighted by Crippen LogP contribution is -2.38. The summed E-state index contributed by atoms with van der Waals surface area (Å²) in [4.78, 5) is 6.05. The first kappa shape index (κ1) is 16.6. The number of nitrogens with zero attached hydrogens (tertiary/aromatic N) is 6. The van der Waals surface area contributed by atoms with Gasteiger partial charge < -0.3 is 4.90 Å². The van der Waals surface area contributed by atoms with E-state index in [1.807, 2.05) is 52.0 Å². The highest BCUT2D eigenvalue weighted by atomic mass is 32.1. The van der Waals surface area contributed by atoms with E-state index in [0.717, 1.165) is 11.4 Å². The molecule has 0 radical (unpaired) electrons. The Kier molecular flexibility index (Phi) is 4.36. The van der Waals surface area contributed by atoms with Gasteiger partial charge in [0.1, 0.15) is 18.7 Å². The average molecular weight is 342 g/mol. The fraction of sp³-hybridized carbons (Fsp3) is 0.412. The van der Waals surface area contributed by atoms with Gasteiger partial charge in [-0.25, -0.2) is 14.7 Å². The first-order valence-corrected chi connectivity index (χ1v) is 8.32. The maximum absolute atomic E-state index is 5.68. The van der Waals surface area contributed by atoms with Gasteiger partial charge >= 0.3 is 0 Å². The molecule has 126 valence electrons. The Morgan fingerprint density at radius 1 is 1.25 bits per heavy atom. The number of hydrazone groups is 1. The van der Waals surface area contributed by atoms with E-state index in [0.29, 0.717) is 11.7 Å². The van der Waals surface area contributed by atoms with Crippen molar-refractivity contribution in [1.82, 2.24) is 19.8 Å². The molecule has 2 aromatic rings. The zero-order valence-corrected chi connectivity index (χ0v) is 15.2. The molecule has 0 N–H and O–H groups in total. The Balaban J connectivity index is 1.87. The van der Waals surface area contributed by atoms with Crippen molar-refractivity contribution in [1.29, 1.82) is 0 Å². The lowest BCUT2D eigenvalue weighted by atomic mass is 9.86. The molecule has 0 bridgehead atoms. The predicted molar refractivity (Wildman–Crippen MR) is 100 cm³/mol. The van der Waals surface area contributed by atoms with Crippen LogP contribution >= 0.6 is 12.2 Å². The molecule has 1 aromatic heterocycles. The summed E-state index contributed by atoms with van der Waals surface area (Å²) in [5.74, 6) is 0. The third kappa shape index (κ3) is 3.17. The van der Waals surface area contributed by atoms with Gasteiger partial charge in [-0.3, -0.25) is 0 Å². The van der Waals surface area contributed by atoms with Crippen LogP contribution in [0.1, 0.15) is 26.8 Å². The zero-order valence-electron chi connectivity index (χ0n) is 14.4. The van der Waals surface area contributed by atoms with E-state index < -0.39 is 0 Å². The van der Waals surface area contributed by atoms with E-state index in [1.54, 1.807) is 12.7 Å². The first-order valence-electron chi connectivity index (χ1n) is 7.91. The second kappa shape index (κ2) is 6.32. The number of thiocarbonyl (C=S) groups is 1. The van der Waals surface area contributed by atoms with Crippen molar-refractivity contribution in [3.63, 3.8) is 0 Å². The number of benzene rings is 1. The highest BCUT2D eigenvalue weighted by Gasteiger charge is 2.37. The molecule has 0 saturated heterocycles. The van der Waals surface area contributed by atoms with Gasteiger partial charge in [0.25, 0.3) is 0 Å². The molecule has 3 rings (SSSR count). The second-order valence-electron chi connectivity index (χ2n) is 6.89. The van der Waals surface area contributed by atoms with Crippen LogP contribution < -0.4 is 4.90 Å². The van der Waals surface area contributed by atoms with Crippen molar-refractivity contribution in [2.24, 2.45) is 10.5 Å². The quantitative estimate of drug-likeness (QED) is 0.786. The van der Waals surface area contributed by atoms with Crippen LogP contribution in [0, 0.1) is 5.41 Å². The average Bonchev–Trinajstić information content (AvgIpc) is 3.22. The van der Waals surface area contributed by atoms with Crippen LogP contribution in [-0.4, -0.2) is 44.2 Å². The van der Waals surface area contributed by atoms with Gasteiger partial charge in [-0.1, -0.05) is 39.0 Å². The SMILES string of the molecule is CN(C(=S)N1CC(n2cncn2)C(C(C)(C)C)=N1)c1ccccc1. The number of para-hydroxylation sites is 1. The van der Waals surface area contributed by atoms with Gasteiger partial charge in [-0.2, -0.15) is 10.2 Å². The summed E-state index contributed by atoms with van der Waals surface area (Å²) in [5, 5.41) is 11.7. The van der Waals surface area contributed by atoms with Crippen LogP contribution in [0.2, 0.25) is 0 Å². The maximum Gasteiger partial charge on any atom is 0.196 e. The molecule has 1 aliphatic rings. The molecule has 1 atom stereocenters. The van der Waals surface area contributed by atoms with Crippen LogP contribution in [0.3, 0.4) is 0 Å². The summed E-state index contributed by atoms with van der Waals surface area (Å²) in [6, 6.07) is 10.1. The summed E-state index contributed by atoms with van der Waals surface area (Å²) in [7, 11) is 1.97. The number of rotatable bonds is 2. The van der Waals surface area contributed by atoms with Crippen LogP contribution in [0.4, 0.5) is 5.69 Å². The summed E-state index contributed by atoms with van der Waals surface area (Å²) in [6.45, 7) is 7.13. The largest absolute Gasteiger partial charge is 0.321 e. The van der Waals surface area contributed by atoms with Gasteiger partial charge in [0, 0.05) is 18.2 Å². The van der Waals surface area contributed by atoms with Crippen molar-refractivity contribution in [2.45, 2.75) is 26.8 Å². The Labute approximate surface area is 147 Å². The molecule has 1 aromatic carbocycles. The van der Waals surface area contributed by atoms with Crippen molar-refractivity contribution < 1.29 is 0 Å². The maximum atomic E-state index is 5.68. The number of anilines is 1. The minimum atomic E-state index is -0.0771. The molecule has 2 heterocycles. The van der Waals surface area contributed by atoms with E-state index >= 15 is 0 Å². The second-order valence-corrected chi connectivity index (χ2v) is 7.25. The third-order valence-corrected chi connectivity index (χ3v) is 4.55. The summed E-state index contributed by atoms with van der Waals surface area (Å²) in [5.41, 5.74) is 2.02. The highest BCUT2D eigenvalue weighted by Crippen LogP contribution is 2.31. The molecule has 0 amide bonds. The molecular weight excluding hydrogens is 320 g/mol. The molecular formula is C17H22N6S. The van der Waals surface area contributed by atoms with Crippen molar-refractivity contribution in [3.8, 4) is 0 Å². The fourth-order valence-electron chi connectivity index (χ4n) is 2.78. The molecule has 0 spiro atoms. The molecule has 0 aliphatic carbocycles. The molecule has 6 nitrogen and oxygen atoms in total. The summed E-state index contributed by atoms with van der Waals surface area (Å²) < 4.78 is 1.86. The van der Waals surface area contributed by atoms with E-state index in [-0.39, 0.29) is 11.5 Å². The standard InChI is InChI=1S/C17H22N6S/c1-17(2,3)15-14(23-12-18-11-19-23)10-22(20-15)16(24)21(4)13-8-6-5-7-9-13/h5-9,11-12,14H,10H2,1-4H3. The van der Waals surface area contributed by atoms with Crippen molar-refractivity contribution in [2.75, 3.05) is 18.5 Å². The van der Waals surface area contributed by atoms with E-state index in [4.69, 9.17) is 17.3 Å². The molecule has 0 fully saturated rings. The summed E-state index contributed by atoms with van der Waals surface area (Å²) in [6.07, 6.45) is 3.29. The first-order chi connectivity index (χ1) is 11.4. The Morgan fingerprint density at radius 3 is 2.54 bits per heavy atom. The zero-order chi connectivity index (χ0) is 17.3. The van der Waals surface area contributed by atoms with Crippen LogP contribution in [0.5, 0.6) is 0 Å². The van der Waals surface area contributed by atoms with E-state index in [2.05, 4.69) is 30.9 Å². The number of aromatic nitrogens is 3. The number of hydrogen-bond acceptors (Lipinski definition) is 4. The van der Waals surface area contributed by atoms with Gasteiger partial charge in [0.15, 0.2) is 5.11 Å². The lowest BCUT2D eigenvalue weighted by molar-refractivity contribution is 0.421. The minimum Gasteiger partial charge on any atom is -0.321 e. The molecule has 7 heteroatoms. The minimum absolute atomic E-state index is 0.0367. The smallest absolute Gasteiger partial charge is 0.196 e. The topological polar surface area (TPSA) is 49.5 Å². The molecule has 24 heavy (non-hydrogen) atoms. The Hall–Kier alpha value is -2.28.